The second-order valence-corrected chi connectivity index (χ2v) is 9.74. The van der Waals surface area contributed by atoms with E-state index in [9.17, 15) is 5.11 Å². The molecule has 0 unspecified atom stereocenters. The normalized spacial score (nSPS) is 19.0. The van der Waals surface area contributed by atoms with Crippen molar-refractivity contribution in [3.63, 3.8) is 0 Å². The number of hydrogen-bond acceptors (Lipinski definition) is 6. The third-order valence-electron chi connectivity index (χ3n) is 7.43. The molecule has 1 saturated heterocycles. The molecular weight excluding hydrogens is 454 g/mol. The molecule has 3 heterocycles. The lowest BCUT2D eigenvalue weighted by atomic mass is 9.86. The number of aromatic hydroxyl groups is 1. The van der Waals surface area contributed by atoms with E-state index >= 15 is 0 Å². The second kappa shape index (κ2) is 9.43. The molecule has 36 heavy (non-hydrogen) atoms. The van der Waals surface area contributed by atoms with E-state index in [-0.39, 0.29) is 18.6 Å². The molecule has 186 valence electrons. The average Bonchev–Trinajstić information content (AvgIpc) is 3.34. The molecule has 6 heteroatoms. The third kappa shape index (κ3) is 4.26. The number of phenolic OH excluding ortho intramolecular Hbond substituents is 1. The van der Waals surface area contributed by atoms with Crippen LogP contribution in [0.5, 0.6) is 28.7 Å². The molecule has 3 aliphatic heterocycles. The van der Waals surface area contributed by atoms with Crippen LogP contribution in [0.1, 0.15) is 43.1 Å². The first-order chi connectivity index (χ1) is 17.6. The van der Waals surface area contributed by atoms with Crippen LogP contribution < -0.4 is 18.9 Å². The highest BCUT2D eigenvalue weighted by Gasteiger charge is 2.31. The van der Waals surface area contributed by atoms with Gasteiger partial charge in [0.2, 0.25) is 6.79 Å². The molecule has 0 spiro atoms. The molecule has 3 aromatic rings. The summed E-state index contributed by atoms with van der Waals surface area (Å²) in [5.74, 6) is 4.14. The highest BCUT2D eigenvalue weighted by atomic mass is 16.7. The fourth-order valence-electron chi connectivity index (χ4n) is 5.26. The third-order valence-corrected chi connectivity index (χ3v) is 7.43. The predicted octanol–water partition coefficient (Wildman–Crippen LogP) is 5.91. The van der Waals surface area contributed by atoms with Crippen LogP contribution in [0, 0.1) is 5.92 Å². The Kier molecular flexibility index (Phi) is 5.97. The predicted molar refractivity (Wildman–Crippen MR) is 139 cm³/mol. The minimum atomic E-state index is -0.316. The Balaban J connectivity index is 1.26. The monoisotopic (exact) mass is 485 g/mol. The summed E-state index contributed by atoms with van der Waals surface area (Å²) < 4.78 is 23.7. The number of ether oxygens (including phenoxy) is 4. The maximum atomic E-state index is 10.1. The van der Waals surface area contributed by atoms with Crippen molar-refractivity contribution in [1.29, 1.82) is 0 Å². The van der Waals surface area contributed by atoms with Crippen molar-refractivity contribution in [2.24, 2.45) is 5.92 Å². The number of allylic oxidation sites excluding steroid dienone is 1. The van der Waals surface area contributed by atoms with Crippen molar-refractivity contribution in [3.05, 3.63) is 77.4 Å². The van der Waals surface area contributed by atoms with Gasteiger partial charge in [0.05, 0.1) is 0 Å². The van der Waals surface area contributed by atoms with Crippen molar-refractivity contribution in [3.8, 4) is 28.7 Å². The Morgan fingerprint density at radius 2 is 1.72 bits per heavy atom. The van der Waals surface area contributed by atoms with Gasteiger partial charge in [-0.25, -0.2) is 0 Å². The van der Waals surface area contributed by atoms with E-state index in [2.05, 4.69) is 30.9 Å². The van der Waals surface area contributed by atoms with E-state index < -0.39 is 0 Å². The Morgan fingerprint density at radius 1 is 0.944 bits per heavy atom. The van der Waals surface area contributed by atoms with E-state index in [4.69, 9.17) is 18.9 Å². The van der Waals surface area contributed by atoms with Crippen LogP contribution in [0.3, 0.4) is 0 Å². The molecule has 0 radical (unpaired) electrons. The van der Waals surface area contributed by atoms with Gasteiger partial charge in [0.1, 0.15) is 30.0 Å². The highest BCUT2D eigenvalue weighted by Crippen LogP contribution is 2.48. The number of nitrogens with zero attached hydrogens (tertiary/aromatic N) is 1. The van der Waals surface area contributed by atoms with Crippen molar-refractivity contribution in [2.45, 2.75) is 26.4 Å². The highest BCUT2D eigenvalue weighted by molar-refractivity contribution is 5.96. The van der Waals surface area contributed by atoms with Gasteiger partial charge in [0.15, 0.2) is 11.5 Å². The van der Waals surface area contributed by atoms with Crippen LogP contribution in [0.15, 0.2) is 60.7 Å². The average molecular weight is 486 g/mol. The summed E-state index contributed by atoms with van der Waals surface area (Å²) in [6.45, 7) is 8.58. The van der Waals surface area contributed by atoms with Gasteiger partial charge in [-0.1, -0.05) is 31.5 Å². The summed E-state index contributed by atoms with van der Waals surface area (Å²) in [5, 5.41) is 10.1. The Hall–Kier alpha value is -3.64. The zero-order valence-electron chi connectivity index (χ0n) is 20.7. The molecule has 1 atom stereocenters. The summed E-state index contributed by atoms with van der Waals surface area (Å²) in [7, 11) is 0. The molecule has 0 bridgehead atoms. The van der Waals surface area contributed by atoms with Gasteiger partial charge in [-0.2, -0.15) is 0 Å². The SMILES string of the molecule is CCC1CN(CCOc2ccc([C@@H]3Oc4ccc(O)cc4C(C)=C3c3ccc4c(c3)OCO4)cc2)C1. The zero-order valence-corrected chi connectivity index (χ0v) is 20.7. The molecule has 1 N–H and O–H groups in total. The summed E-state index contributed by atoms with van der Waals surface area (Å²) in [4.78, 5) is 2.44. The second-order valence-electron chi connectivity index (χ2n) is 9.74. The molecular formula is C30H31NO5. The summed E-state index contributed by atoms with van der Waals surface area (Å²) in [6, 6.07) is 19.4. The van der Waals surface area contributed by atoms with Gasteiger partial charge < -0.3 is 24.1 Å². The molecule has 0 amide bonds. The van der Waals surface area contributed by atoms with Crippen LogP contribution in [0.2, 0.25) is 0 Å². The maximum absolute atomic E-state index is 10.1. The summed E-state index contributed by atoms with van der Waals surface area (Å²) in [5.41, 5.74) is 4.99. The number of benzene rings is 3. The number of hydrogen-bond donors (Lipinski definition) is 1. The molecule has 3 aliphatic rings. The summed E-state index contributed by atoms with van der Waals surface area (Å²) >= 11 is 0. The first-order valence-electron chi connectivity index (χ1n) is 12.6. The molecule has 3 aromatic carbocycles. The molecule has 0 aromatic heterocycles. The lowest BCUT2D eigenvalue weighted by molar-refractivity contribution is 0.0806. The van der Waals surface area contributed by atoms with Crippen LogP contribution >= 0.6 is 0 Å². The van der Waals surface area contributed by atoms with Crippen molar-refractivity contribution in [1.82, 2.24) is 4.90 Å². The quantitative estimate of drug-likeness (QED) is 0.449. The number of phenols is 1. The van der Waals surface area contributed by atoms with Crippen LogP contribution in [0.25, 0.3) is 11.1 Å². The van der Waals surface area contributed by atoms with Gasteiger partial charge in [-0.05, 0) is 72.0 Å². The minimum Gasteiger partial charge on any atom is -0.508 e. The van der Waals surface area contributed by atoms with E-state index in [0.29, 0.717) is 6.61 Å². The first kappa shape index (κ1) is 22.8. The number of likely N-dealkylation sites (tertiary alicyclic amines) is 1. The minimum absolute atomic E-state index is 0.213. The number of rotatable bonds is 7. The lowest BCUT2D eigenvalue weighted by Gasteiger charge is -2.38. The van der Waals surface area contributed by atoms with Crippen LogP contribution in [-0.2, 0) is 0 Å². The molecule has 6 rings (SSSR count). The summed E-state index contributed by atoms with van der Waals surface area (Å²) in [6.07, 6.45) is 0.944. The standard InChI is InChI=1S/C30H31NO5/c1-3-20-16-31(17-20)12-13-33-24-8-4-21(5-9-24)30-29(22-6-10-27-28(14-22)35-18-34-27)19(2)25-15-23(32)7-11-26(25)36-30/h4-11,14-15,20,30,32H,3,12-13,16-18H2,1-2H3/t30-/m0/s1. The molecule has 1 fully saturated rings. The maximum Gasteiger partial charge on any atom is 0.231 e. The van der Waals surface area contributed by atoms with E-state index in [1.165, 1.54) is 19.5 Å². The molecule has 0 aliphatic carbocycles. The van der Waals surface area contributed by atoms with Gasteiger partial charge in [-0.15, -0.1) is 0 Å². The Labute approximate surface area is 211 Å². The van der Waals surface area contributed by atoms with Gasteiger partial charge in [0.25, 0.3) is 0 Å². The largest absolute Gasteiger partial charge is 0.508 e. The van der Waals surface area contributed by atoms with Crippen molar-refractivity contribution < 1.29 is 24.1 Å². The zero-order chi connectivity index (χ0) is 24.6. The smallest absolute Gasteiger partial charge is 0.231 e. The van der Waals surface area contributed by atoms with E-state index in [1.807, 2.05) is 36.4 Å². The molecule has 0 saturated carbocycles. The van der Waals surface area contributed by atoms with Gasteiger partial charge in [0, 0.05) is 30.8 Å². The first-order valence-corrected chi connectivity index (χ1v) is 12.6. The van der Waals surface area contributed by atoms with Crippen molar-refractivity contribution >= 4 is 11.1 Å². The van der Waals surface area contributed by atoms with Crippen LogP contribution in [0.4, 0.5) is 0 Å². The lowest BCUT2D eigenvalue weighted by Crippen LogP contribution is -2.47. The van der Waals surface area contributed by atoms with Gasteiger partial charge in [-0.3, -0.25) is 4.90 Å². The van der Waals surface area contributed by atoms with Crippen LogP contribution in [-0.4, -0.2) is 43.0 Å². The van der Waals surface area contributed by atoms with E-state index in [1.54, 1.807) is 12.1 Å². The topological polar surface area (TPSA) is 60.4 Å². The van der Waals surface area contributed by atoms with Gasteiger partial charge >= 0.3 is 0 Å². The van der Waals surface area contributed by atoms with E-state index in [0.717, 1.165) is 63.3 Å². The Morgan fingerprint density at radius 3 is 2.53 bits per heavy atom. The molecule has 6 nitrogen and oxygen atoms in total. The fraction of sp³-hybridized carbons (Fsp3) is 0.333. The fourth-order valence-corrected chi connectivity index (χ4v) is 5.26. The Bertz CT molecular complexity index is 1290. The van der Waals surface area contributed by atoms with Crippen molar-refractivity contribution in [2.75, 3.05) is 33.0 Å². The number of fused-ring (bicyclic) bond motifs is 2.